The molecule has 2 rings (SSSR count). The van der Waals surface area contributed by atoms with E-state index in [9.17, 15) is 0 Å². The highest BCUT2D eigenvalue weighted by Gasteiger charge is 2.03. The van der Waals surface area contributed by atoms with Gasteiger partial charge in [-0.05, 0) is 49.6 Å². The summed E-state index contributed by atoms with van der Waals surface area (Å²) in [5.41, 5.74) is 6.82. The molecule has 0 aromatic heterocycles. The Morgan fingerprint density at radius 2 is 1.74 bits per heavy atom. The molecule has 2 heteroatoms. The molecular formula is C17H18N2. The van der Waals surface area contributed by atoms with Crippen molar-refractivity contribution in [2.45, 2.75) is 27.3 Å². The minimum Gasteiger partial charge on any atom is -0.381 e. The van der Waals surface area contributed by atoms with Gasteiger partial charge in [-0.1, -0.05) is 29.8 Å². The van der Waals surface area contributed by atoms with Crippen LogP contribution in [0, 0.1) is 32.1 Å². The molecule has 0 saturated heterocycles. The van der Waals surface area contributed by atoms with Crippen LogP contribution in [0.4, 0.5) is 5.69 Å². The van der Waals surface area contributed by atoms with E-state index in [-0.39, 0.29) is 0 Å². The highest BCUT2D eigenvalue weighted by molar-refractivity contribution is 5.58. The van der Waals surface area contributed by atoms with E-state index in [1.807, 2.05) is 24.3 Å². The van der Waals surface area contributed by atoms with Crippen molar-refractivity contribution in [2.75, 3.05) is 5.32 Å². The maximum absolute atomic E-state index is 8.90. The molecule has 0 unspecified atom stereocenters. The molecule has 0 atom stereocenters. The zero-order valence-electron chi connectivity index (χ0n) is 11.6. The van der Waals surface area contributed by atoms with E-state index < -0.39 is 0 Å². The molecule has 2 nitrogen and oxygen atoms in total. The van der Waals surface area contributed by atoms with E-state index in [0.29, 0.717) is 5.56 Å². The van der Waals surface area contributed by atoms with Crippen molar-refractivity contribution in [1.29, 1.82) is 5.26 Å². The summed E-state index contributed by atoms with van der Waals surface area (Å²) in [4.78, 5) is 0. The molecule has 0 aliphatic heterocycles. The van der Waals surface area contributed by atoms with Gasteiger partial charge in [-0.2, -0.15) is 5.26 Å². The standard InChI is InChI=1S/C17H18N2/c1-12-7-13(2)17(14(3)8-12)19-11-16-6-4-5-15(9-16)10-18/h4-9,19H,11H2,1-3H3. The van der Waals surface area contributed by atoms with Crippen LogP contribution in [0.3, 0.4) is 0 Å². The molecule has 0 radical (unpaired) electrons. The fourth-order valence-corrected chi connectivity index (χ4v) is 2.40. The second-order valence-corrected chi connectivity index (χ2v) is 4.94. The van der Waals surface area contributed by atoms with Gasteiger partial charge in [0.1, 0.15) is 0 Å². The molecule has 0 amide bonds. The smallest absolute Gasteiger partial charge is 0.0991 e. The van der Waals surface area contributed by atoms with Gasteiger partial charge < -0.3 is 5.32 Å². The third kappa shape index (κ3) is 3.14. The van der Waals surface area contributed by atoms with Crippen LogP contribution in [0.15, 0.2) is 36.4 Å². The van der Waals surface area contributed by atoms with Crippen LogP contribution in [0.25, 0.3) is 0 Å². The highest BCUT2D eigenvalue weighted by atomic mass is 14.9. The molecule has 0 saturated carbocycles. The summed E-state index contributed by atoms with van der Waals surface area (Å²) < 4.78 is 0. The fourth-order valence-electron chi connectivity index (χ4n) is 2.40. The second kappa shape index (κ2) is 5.58. The summed E-state index contributed by atoms with van der Waals surface area (Å²) in [6.45, 7) is 7.09. The Bertz CT molecular complexity index is 613. The van der Waals surface area contributed by atoms with E-state index >= 15 is 0 Å². The monoisotopic (exact) mass is 250 g/mol. The van der Waals surface area contributed by atoms with Crippen LogP contribution in [-0.2, 0) is 6.54 Å². The number of hydrogen-bond acceptors (Lipinski definition) is 2. The minimum atomic E-state index is 0.705. The average molecular weight is 250 g/mol. The topological polar surface area (TPSA) is 35.8 Å². The third-order valence-corrected chi connectivity index (χ3v) is 3.20. The van der Waals surface area contributed by atoms with Crippen molar-refractivity contribution in [3.05, 3.63) is 64.2 Å². The molecule has 0 aliphatic carbocycles. The largest absolute Gasteiger partial charge is 0.381 e. The quantitative estimate of drug-likeness (QED) is 0.890. The van der Waals surface area contributed by atoms with Crippen LogP contribution in [0.5, 0.6) is 0 Å². The molecular weight excluding hydrogens is 232 g/mol. The molecule has 1 N–H and O–H groups in total. The number of nitrogens with zero attached hydrogens (tertiary/aromatic N) is 1. The zero-order valence-corrected chi connectivity index (χ0v) is 11.6. The second-order valence-electron chi connectivity index (χ2n) is 4.94. The SMILES string of the molecule is Cc1cc(C)c(NCc2cccc(C#N)c2)c(C)c1. The Kier molecular flexibility index (Phi) is 3.87. The Hall–Kier alpha value is -2.27. The Morgan fingerprint density at radius 1 is 1.05 bits per heavy atom. The molecule has 2 aromatic carbocycles. The summed E-state index contributed by atoms with van der Waals surface area (Å²) in [7, 11) is 0. The predicted molar refractivity (Wildman–Crippen MR) is 79.1 cm³/mol. The van der Waals surface area contributed by atoms with Gasteiger partial charge in [0.25, 0.3) is 0 Å². The fraction of sp³-hybridized carbons (Fsp3) is 0.235. The molecule has 19 heavy (non-hydrogen) atoms. The Balaban J connectivity index is 2.17. The van der Waals surface area contributed by atoms with Gasteiger partial charge in [0.15, 0.2) is 0 Å². The van der Waals surface area contributed by atoms with Gasteiger partial charge in [0, 0.05) is 12.2 Å². The van der Waals surface area contributed by atoms with E-state index in [1.54, 1.807) is 0 Å². The van der Waals surface area contributed by atoms with Crippen LogP contribution >= 0.6 is 0 Å². The first-order chi connectivity index (χ1) is 9.10. The average Bonchev–Trinajstić information content (AvgIpc) is 2.37. The highest BCUT2D eigenvalue weighted by Crippen LogP contribution is 2.22. The summed E-state index contributed by atoms with van der Waals surface area (Å²) >= 11 is 0. The van der Waals surface area contributed by atoms with E-state index in [1.165, 1.54) is 22.4 Å². The molecule has 0 fully saturated rings. The number of benzene rings is 2. The van der Waals surface area contributed by atoms with Crippen molar-refractivity contribution < 1.29 is 0 Å². The summed E-state index contributed by atoms with van der Waals surface area (Å²) in [6.07, 6.45) is 0. The van der Waals surface area contributed by atoms with E-state index in [2.05, 4.69) is 44.3 Å². The van der Waals surface area contributed by atoms with Gasteiger partial charge in [-0.15, -0.1) is 0 Å². The van der Waals surface area contributed by atoms with Crippen LogP contribution in [0.1, 0.15) is 27.8 Å². The zero-order chi connectivity index (χ0) is 13.8. The first-order valence-electron chi connectivity index (χ1n) is 6.41. The first kappa shape index (κ1) is 13.2. The molecule has 0 bridgehead atoms. The summed E-state index contributed by atoms with van der Waals surface area (Å²) in [5, 5.41) is 12.4. The van der Waals surface area contributed by atoms with E-state index in [0.717, 1.165) is 12.1 Å². The molecule has 0 spiro atoms. The van der Waals surface area contributed by atoms with E-state index in [4.69, 9.17) is 5.26 Å². The molecule has 96 valence electrons. The number of aryl methyl sites for hydroxylation is 3. The van der Waals surface area contributed by atoms with Gasteiger partial charge in [-0.25, -0.2) is 0 Å². The lowest BCUT2D eigenvalue weighted by Crippen LogP contribution is -2.03. The number of anilines is 1. The number of nitriles is 1. The number of hydrogen-bond donors (Lipinski definition) is 1. The third-order valence-electron chi connectivity index (χ3n) is 3.20. The number of rotatable bonds is 3. The Labute approximate surface area is 114 Å². The van der Waals surface area contributed by atoms with Gasteiger partial charge in [-0.3, -0.25) is 0 Å². The normalized spacial score (nSPS) is 10.0. The maximum atomic E-state index is 8.90. The molecule has 0 heterocycles. The molecule has 2 aromatic rings. The lowest BCUT2D eigenvalue weighted by atomic mass is 10.0. The lowest BCUT2D eigenvalue weighted by molar-refractivity contribution is 1.12. The molecule has 0 aliphatic rings. The predicted octanol–water partition coefficient (Wildman–Crippen LogP) is 4.10. The Morgan fingerprint density at radius 3 is 2.37 bits per heavy atom. The number of nitrogens with one attached hydrogen (secondary N) is 1. The van der Waals surface area contributed by atoms with Gasteiger partial charge >= 0.3 is 0 Å². The lowest BCUT2D eigenvalue weighted by Gasteiger charge is -2.14. The summed E-state index contributed by atoms with van der Waals surface area (Å²) in [5.74, 6) is 0. The van der Waals surface area contributed by atoms with Crippen molar-refractivity contribution in [3.8, 4) is 6.07 Å². The van der Waals surface area contributed by atoms with Crippen LogP contribution in [-0.4, -0.2) is 0 Å². The first-order valence-corrected chi connectivity index (χ1v) is 6.41. The minimum absolute atomic E-state index is 0.705. The maximum Gasteiger partial charge on any atom is 0.0991 e. The van der Waals surface area contributed by atoms with Crippen molar-refractivity contribution in [3.63, 3.8) is 0 Å². The van der Waals surface area contributed by atoms with Crippen molar-refractivity contribution >= 4 is 5.69 Å². The van der Waals surface area contributed by atoms with Gasteiger partial charge in [0.2, 0.25) is 0 Å². The van der Waals surface area contributed by atoms with Crippen molar-refractivity contribution in [2.24, 2.45) is 0 Å². The van der Waals surface area contributed by atoms with Crippen LogP contribution < -0.4 is 5.32 Å². The van der Waals surface area contributed by atoms with Crippen molar-refractivity contribution in [1.82, 2.24) is 0 Å². The van der Waals surface area contributed by atoms with Gasteiger partial charge in [0.05, 0.1) is 11.6 Å². The van der Waals surface area contributed by atoms with Crippen LogP contribution in [0.2, 0.25) is 0 Å². The summed E-state index contributed by atoms with van der Waals surface area (Å²) in [6, 6.07) is 14.2.